The predicted octanol–water partition coefficient (Wildman–Crippen LogP) is 2.01. The molecule has 34 heavy (non-hydrogen) atoms. The number of carbonyl (C=O) groups is 1. The van der Waals surface area contributed by atoms with Gasteiger partial charge in [0.15, 0.2) is 5.82 Å². The van der Waals surface area contributed by atoms with Crippen LogP contribution in [0.4, 0.5) is 35.3 Å². The number of nitrogens with zero attached hydrogens (tertiary/aromatic N) is 4. The van der Waals surface area contributed by atoms with Gasteiger partial charge in [0.25, 0.3) is 0 Å². The number of halogens is 3. The highest BCUT2D eigenvalue weighted by Gasteiger charge is 2.41. The molecule has 1 unspecified atom stereocenters. The maximum Gasteiger partial charge on any atom is 0.403 e. The zero-order valence-electron chi connectivity index (χ0n) is 18.3. The van der Waals surface area contributed by atoms with Gasteiger partial charge in [-0.3, -0.25) is 15.5 Å². The second-order valence-electron chi connectivity index (χ2n) is 8.05. The smallest absolute Gasteiger partial charge is 0.403 e. The lowest BCUT2D eigenvalue weighted by Gasteiger charge is -2.36. The minimum absolute atomic E-state index is 0.0346. The van der Waals surface area contributed by atoms with E-state index in [1.165, 1.54) is 23.2 Å². The van der Waals surface area contributed by atoms with Gasteiger partial charge >= 0.3 is 12.2 Å². The molecule has 1 saturated heterocycles. The molecular weight excluding hydrogens is 457 g/mol. The first-order valence-corrected chi connectivity index (χ1v) is 10.7. The lowest BCUT2D eigenvalue weighted by Crippen LogP contribution is -2.48. The largest absolute Gasteiger partial charge is 0.491 e. The van der Waals surface area contributed by atoms with Crippen LogP contribution in [0.5, 0.6) is 5.75 Å². The van der Waals surface area contributed by atoms with Crippen molar-refractivity contribution in [3.8, 4) is 5.75 Å². The summed E-state index contributed by atoms with van der Waals surface area (Å²) in [6.07, 6.45) is -4.08. The van der Waals surface area contributed by atoms with Crippen molar-refractivity contribution in [1.29, 1.82) is 0 Å². The van der Waals surface area contributed by atoms with Crippen LogP contribution in [0, 0.1) is 0 Å². The van der Waals surface area contributed by atoms with Gasteiger partial charge in [-0.05, 0) is 31.5 Å². The van der Waals surface area contributed by atoms with Gasteiger partial charge in [-0.15, -0.1) is 0 Å². The number of amides is 2. The van der Waals surface area contributed by atoms with E-state index in [1.54, 1.807) is 12.1 Å². The van der Waals surface area contributed by atoms with E-state index in [1.807, 2.05) is 4.90 Å². The standard InChI is InChI=1S/C21H25F3N6O4/c1-12(21(22,23)24)26-19(32)15-2-3-16-18(27-15)30(13-5-7-29(16)11-13)20(33)28-17-10-14(4-6-25-17)34-9-8-31/h2-4,6,10,12-13,19,26,31-32H,5,7-9,11H2,1H3,(H,25,28,33)/t12-,13+,19?/m1/s1. The lowest BCUT2D eigenvalue weighted by atomic mass is 10.1. The van der Waals surface area contributed by atoms with Crippen molar-refractivity contribution in [2.45, 2.75) is 37.8 Å². The highest BCUT2D eigenvalue weighted by atomic mass is 19.4. The lowest BCUT2D eigenvalue weighted by molar-refractivity contribution is -0.159. The van der Waals surface area contributed by atoms with Gasteiger partial charge in [0.2, 0.25) is 0 Å². The Hall–Kier alpha value is -3.16. The number of fused-ring (bicyclic) bond motifs is 4. The highest BCUT2D eigenvalue weighted by molar-refractivity contribution is 6.04. The SMILES string of the molecule is C[C@@H](NC(O)c1ccc2c(n1)N(C(=O)Nc1cc(OCCO)ccn1)[C@H]1CCN2C1)C(F)(F)F. The van der Waals surface area contributed by atoms with Crippen LogP contribution >= 0.6 is 0 Å². The third kappa shape index (κ3) is 5.00. The Morgan fingerprint density at radius 2 is 2.15 bits per heavy atom. The minimum atomic E-state index is -4.53. The van der Waals surface area contributed by atoms with Crippen LogP contribution in [0.1, 0.15) is 25.3 Å². The number of aliphatic hydroxyl groups is 2. The first-order chi connectivity index (χ1) is 16.2. The number of hydrogen-bond donors (Lipinski definition) is 4. The van der Waals surface area contributed by atoms with E-state index >= 15 is 0 Å². The van der Waals surface area contributed by atoms with Crippen molar-refractivity contribution in [2.75, 3.05) is 41.4 Å². The molecule has 4 rings (SSSR count). The molecule has 4 N–H and O–H groups in total. The summed E-state index contributed by atoms with van der Waals surface area (Å²) in [5.41, 5.74) is 0.615. The van der Waals surface area contributed by atoms with Crippen LogP contribution in [-0.4, -0.2) is 70.8 Å². The number of pyridine rings is 2. The number of alkyl halides is 3. The number of nitrogens with one attached hydrogen (secondary N) is 2. The summed E-state index contributed by atoms with van der Waals surface area (Å²) >= 11 is 0. The first kappa shape index (κ1) is 24.0. The Labute approximate surface area is 193 Å². The Morgan fingerprint density at radius 3 is 2.88 bits per heavy atom. The molecule has 0 aliphatic carbocycles. The van der Waals surface area contributed by atoms with Gasteiger partial charge in [0.1, 0.15) is 30.4 Å². The summed E-state index contributed by atoms with van der Waals surface area (Å²) in [4.78, 5) is 25.2. The molecule has 3 atom stereocenters. The van der Waals surface area contributed by atoms with E-state index in [0.29, 0.717) is 30.9 Å². The normalized spacial score (nSPS) is 18.9. The summed E-state index contributed by atoms with van der Waals surface area (Å²) in [5.74, 6) is 0.884. The van der Waals surface area contributed by atoms with Crippen molar-refractivity contribution in [3.05, 3.63) is 36.2 Å². The zero-order chi connectivity index (χ0) is 24.5. The zero-order valence-corrected chi connectivity index (χ0v) is 18.3. The van der Waals surface area contributed by atoms with Gasteiger partial charge in [-0.25, -0.2) is 14.8 Å². The minimum Gasteiger partial charge on any atom is -0.491 e. The second kappa shape index (κ2) is 9.60. The van der Waals surface area contributed by atoms with Crippen molar-refractivity contribution in [3.63, 3.8) is 0 Å². The number of rotatable bonds is 7. The van der Waals surface area contributed by atoms with Gasteiger partial charge in [-0.1, -0.05) is 0 Å². The summed E-state index contributed by atoms with van der Waals surface area (Å²) in [6, 6.07) is 3.50. The number of urea groups is 1. The number of aromatic nitrogens is 2. The molecule has 0 saturated carbocycles. The first-order valence-electron chi connectivity index (χ1n) is 10.7. The summed E-state index contributed by atoms with van der Waals surface area (Å²) in [6.45, 7) is 2.10. The molecule has 0 aromatic carbocycles. The Morgan fingerprint density at radius 1 is 1.35 bits per heavy atom. The molecule has 2 aliphatic rings. The van der Waals surface area contributed by atoms with Crippen LogP contribution in [0.3, 0.4) is 0 Å². The summed E-state index contributed by atoms with van der Waals surface area (Å²) < 4.78 is 44.0. The van der Waals surface area contributed by atoms with Crippen molar-refractivity contribution in [2.24, 2.45) is 0 Å². The van der Waals surface area contributed by atoms with Gasteiger partial charge in [0.05, 0.1) is 24.0 Å². The molecule has 2 amide bonds. The Balaban J connectivity index is 1.58. The number of carbonyl (C=O) groups excluding carboxylic acids is 1. The highest BCUT2D eigenvalue weighted by Crippen LogP contribution is 2.39. The fourth-order valence-electron chi connectivity index (χ4n) is 3.96. The Kier molecular flexibility index (Phi) is 6.77. The van der Waals surface area contributed by atoms with Crippen molar-refractivity contribution < 1.29 is 32.9 Å². The molecule has 0 spiro atoms. The van der Waals surface area contributed by atoms with Crippen LogP contribution in [0.25, 0.3) is 0 Å². The fourth-order valence-corrected chi connectivity index (χ4v) is 3.96. The third-order valence-corrected chi connectivity index (χ3v) is 5.70. The number of ether oxygens (including phenoxy) is 1. The molecule has 13 heteroatoms. The molecule has 4 heterocycles. The van der Waals surface area contributed by atoms with Gasteiger partial charge in [-0.2, -0.15) is 13.2 Å². The van der Waals surface area contributed by atoms with Gasteiger partial charge < -0.3 is 19.8 Å². The molecule has 1 fully saturated rings. The number of anilines is 3. The molecular formula is C21H25F3N6O4. The van der Waals surface area contributed by atoms with E-state index in [0.717, 1.165) is 6.92 Å². The quantitative estimate of drug-likeness (QED) is 0.442. The second-order valence-corrected chi connectivity index (χ2v) is 8.05. The monoisotopic (exact) mass is 482 g/mol. The third-order valence-electron chi connectivity index (χ3n) is 5.70. The topological polar surface area (TPSA) is 123 Å². The number of aliphatic hydroxyl groups excluding tert-OH is 2. The van der Waals surface area contributed by atoms with Gasteiger partial charge in [0, 0.05) is 25.4 Å². The molecule has 10 nitrogen and oxygen atoms in total. The van der Waals surface area contributed by atoms with E-state index in [9.17, 15) is 23.1 Å². The fraction of sp³-hybridized carbons (Fsp3) is 0.476. The summed E-state index contributed by atoms with van der Waals surface area (Å²) in [5, 5.41) is 24.0. The molecule has 2 aliphatic heterocycles. The number of hydrogen-bond acceptors (Lipinski definition) is 8. The van der Waals surface area contributed by atoms with Crippen LogP contribution < -0.4 is 25.2 Å². The van der Waals surface area contributed by atoms with E-state index in [4.69, 9.17) is 9.84 Å². The van der Waals surface area contributed by atoms with Crippen LogP contribution in [0.15, 0.2) is 30.5 Å². The molecule has 0 radical (unpaired) electrons. The van der Waals surface area contributed by atoms with Crippen molar-refractivity contribution in [1.82, 2.24) is 15.3 Å². The molecule has 2 aromatic rings. The molecule has 2 bridgehead atoms. The Bertz CT molecular complexity index is 1040. The maximum atomic E-state index is 13.2. The molecule has 184 valence electrons. The molecule has 2 aromatic heterocycles. The maximum absolute atomic E-state index is 13.2. The predicted molar refractivity (Wildman–Crippen MR) is 117 cm³/mol. The van der Waals surface area contributed by atoms with E-state index < -0.39 is 24.5 Å². The average Bonchev–Trinajstić information content (AvgIpc) is 3.21. The van der Waals surface area contributed by atoms with Crippen LogP contribution in [-0.2, 0) is 0 Å². The average molecular weight is 482 g/mol. The van der Waals surface area contributed by atoms with E-state index in [-0.39, 0.29) is 36.6 Å². The van der Waals surface area contributed by atoms with E-state index in [2.05, 4.69) is 20.6 Å². The summed E-state index contributed by atoms with van der Waals surface area (Å²) in [7, 11) is 0. The van der Waals surface area contributed by atoms with Crippen LogP contribution in [0.2, 0.25) is 0 Å². The van der Waals surface area contributed by atoms with Crippen molar-refractivity contribution >= 4 is 23.4 Å².